The van der Waals surface area contributed by atoms with Gasteiger partial charge in [-0.2, -0.15) is 0 Å². The van der Waals surface area contributed by atoms with Crippen LogP contribution in [-0.4, -0.2) is 19.9 Å². The van der Waals surface area contributed by atoms with Crippen LogP contribution in [0.4, 0.5) is 14.6 Å². The maximum atomic E-state index is 14.5. The van der Waals surface area contributed by atoms with Crippen molar-refractivity contribution in [3.63, 3.8) is 0 Å². The van der Waals surface area contributed by atoms with E-state index in [9.17, 15) is 13.6 Å². The zero-order valence-corrected chi connectivity index (χ0v) is 16.2. The molecular weight excluding hydrogens is 404 g/mol. The molecule has 0 bridgehead atoms. The fraction of sp³-hybridized carbons (Fsp3) is 0.0909. The Morgan fingerprint density at radius 2 is 1.94 bits per heavy atom. The fourth-order valence-electron chi connectivity index (χ4n) is 3.58. The Labute approximate surface area is 173 Å². The number of hydrogen-bond donors (Lipinski definition) is 2. The molecule has 3 heterocycles. The van der Waals surface area contributed by atoms with Crippen molar-refractivity contribution < 1.29 is 13.2 Å². The van der Waals surface area contributed by atoms with Crippen LogP contribution < -0.4 is 10.7 Å². The number of H-pyrrole nitrogens is 1. The first-order valence-electron chi connectivity index (χ1n) is 9.44. The van der Waals surface area contributed by atoms with Crippen molar-refractivity contribution in [2.45, 2.75) is 13.0 Å². The number of nitrogens with zero attached hydrogens (tertiary/aromatic N) is 3. The number of rotatable bonds is 4. The van der Waals surface area contributed by atoms with Crippen molar-refractivity contribution in [2.75, 3.05) is 5.32 Å². The summed E-state index contributed by atoms with van der Waals surface area (Å²) in [6.07, 6.45) is 2.86. The highest BCUT2D eigenvalue weighted by Gasteiger charge is 2.23. The quantitative estimate of drug-likeness (QED) is 0.443. The molecular formula is C22H15F2N5O2. The van der Waals surface area contributed by atoms with Gasteiger partial charge in [0.2, 0.25) is 5.43 Å². The van der Waals surface area contributed by atoms with Gasteiger partial charge < -0.3 is 14.7 Å². The number of anilines is 1. The van der Waals surface area contributed by atoms with Gasteiger partial charge in [0.05, 0.1) is 17.9 Å². The lowest BCUT2D eigenvalue weighted by atomic mass is 9.99. The monoisotopic (exact) mass is 419 g/mol. The molecule has 31 heavy (non-hydrogen) atoms. The number of aromatic nitrogens is 4. The summed E-state index contributed by atoms with van der Waals surface area (Å²) in [5, 5.41) is 2.98. The Morgan fingerprint density at radius 1 is 1.10 bits per heavy atom. The summed E-state index contributed by atoms with van der Waals surface area (Å²) in [6, 6.07) is 9.11. The lowest BCUT2D eigenvalue weighted by Crippen LogP contribution is -2.16. The molecule has 1 atom stereocenters. The third-order valence-electron chi connectivity index (χ3n) is 4.97. The molecule has 5 aromatic rings. The standard InChI is InChI=1S/C22H15F2N5O2/c1-11(29-22-18-21(26-9-25-18)27-10-28-22)20-16(12-4-2-5-13(23)8-12)19(30)17-14(24)6-3-7-15(17)31-20/h2-11H,1H3,(H2,25,26,27,28,29). The van der Waals surface area contributed by atoms with Crippen molar-refractivity contribution in [3.8, 4) is 11.1 Å². The molecule has 2 aromatic carbocycles. The minimum absolute atomic E-state index is 0.0735. The Kier molecular flexibility index (Phi) is 4.43. The average molecular weight is 419 g/mol. The smallest absolute Gasteiger partial charge is 0.203 e. The van der Waals surface area contributed by atoms with Crippen LogP contribution in [-0.2, 0) is 0 Å². The Balaban J connectivity index is 1.72. The molecule has 0 amide bonds. The van der Waals surface area contributed by atoms with Gasteiger partial charge in [0, 0.05) is 0 Å². The van der Waals surface area contributed by atoms with Crippen molar-refractivity contribution in [1.82, 2.24) is 19.9 Å². The molecule has 2 N–H and O–H groups in total. The number of benzene rings is 2. The minimum atomic E-state index is -0.704. The number of halogens is 2. The normalized spacial score (nSPS) is 12.4. The van der Waals surface area contributed by atoms with Gasteiger partial charge in [0.15, 0.2) is 11.5 Å². The lowest BCUT2D eigenvalue weighted by molar-refractivity contribution is 0.513. The second-order valence-corrected chi connectivity index (χ2v) is 6.98. The molecule has 0 radical (unpaired) electrons. The van der Waals surface area contributed by atoms with Gasteiger partial charge in [0.25, 0.3) is 0 Å². The lowest BCUT2D eigenvalue weighted by Gasteiger charge is -2.18. The van der Waals surface area contributed by atoms with Crippen LogP contribution in [0.15, 0.2) is 64.3 Å². The summed E-state index contributed by atoms with van der Waals surface area (Å²) >= 11 is 0. The van der Waals surface area contributed by atoms with Crippen molar-refractivity contribution >= 4 is 28.0 Å². The molecule has 0 spiro atoms. The Bertz CT molecular complexity index is 1490. The predicted molar refractivity (Wildman–Crippen MR) is 112 cm³/mol. The molecule has 0 aliphatic rings. The summed E-state index contributed by atoms with van der Waals surface area (Å²) in [7, 11) is 0. The van der Waals surface area contributed by atoms with E-state index in [4.69, 9.17) is 4.42 Å². The van der Waals surface area contributed by atoms with Crippen LogP contribution in [0, 0.1) is 11.6 Å². The van der Waals surface area contributed by atoms with Crippen molar-refractivity contribution in [2.24, 2.45) is 0 Å². The summed E-state index contributed by atoms with van der Waals surface area (Å²) < 4.78 is 34.4. The second kappa shape index (κ2) is 7.28. The first kappa shape index (κ1) is 18.9. The maximum Gasteiger partial charge on any atom is 0.203 e. The van der Waals surface area contributed by atoms with E-state index in [0.717, 1.165) is 0 Å². The number of imidazole rings is 1. The van der Waals surface area contributed by atoms with Crippen LogP contribution in [0.2, 0.25) is 0 Å². The van der Waals surface area contributed by atoms with E-state index in [2.05, 4.69) is 25.3 Å². The summed E-state index contributed by atoms with van der Waals surface area (Å²) in [5.41, 5.74) is 0.926. The number of hydrogen-bond acceptors (Lipinski definition) is 6. The number of nitrogens with one attached hydrogen (secondary N) is 2. The van der Waals surface area contributed by atoms with Gasteiger partial charge >= 0.3 is 0 Å². The van der Waals surface area contributed by atoms with Gasteiger partial charge in [0.1, 0.15) is 40.2 Å². The molecule has 0 saturated heterocycles. The maximum absolute atomic E-state index is 14.5. The third-order valence-corrected chi connectivity index (χ3v) is 4.97. The van der Waals surface area contributed by atoms with E-state index >= 15 is 0 Å². The SMILES string of the molecule is CC(Nc1ncnc2[nH]cnc12)c1oc2cccc(F)c2c(=O)c1-c1cccc(F)c1. The topological polar surface area (TPSA) is 96.7 Å². The number of fused-ring (bicyclic) bond motifs is 2. The molecule has 3 aromatic heterocycles. The molecule has 0 saturated carbocycles. The van der Waals surface area contributed by atoms with E-state index in [0.29, 0.717) is 17.0 Å². The summed E-state index contributed by atoms with van der Waals surface area (Å²) in [5.74, 6) is -0.585. The zero-order valence-electron chi connectivity index (χ0n) is 16.2. The highest BCUT2D eigenvalue weighted by Crippen LogP contribution is 2.32. The van der Waals surface area contributed by atoms with E-state index in [1.54, 1.807) is 13.0 Å². The van der Waals surface area contributed by atoms with Crippen LogP contribution in [0.3, 0.4) is 0 Å². The molecule has 1 unspecified atom stereocenters. The minimum Gasteiger partial charge on any atom is -0.458 e. The van der Waals surface area contributed by atoms with Gasteiger partial charge in [-0.15, -0.1) is 0 Å². The highest BCUT2D eigenvalue weighted by molar-refractivity contribution is 5.85. The molecule has 5 rings (SSSR count). The van der Waals surface area contributed by atoms with Crippen LogP contribution in [0.1, 0.15) is 18.7 Å². The van der Waals surface area contributed by atoms with E-state index in [-0.39, 0.29) is 27.9 Å². The first-order chi connectivity index (χ1) is 15.0. The number of aromatic amines is 1. The van der Waals surface area contributed by atoms with E-state index < -0.39 is 23.1 Å². The van der Waals surface area contributed by atoms with Crippen LogP contribution in [0.25, 0.3) is 33.3 Å². The first-order valence-corrected chi connectivity index (χ1v) is 9.44. The fourth-order valence-corrected chi connectivity index (χ4v) is 3.58. The third kappa shape index (κ3) is 3.20. The molecule has 7 nitrogen and oxygen atoms in total. The van der Waals surface area contributed by atoms with E-state index in [1.165, 1.54) is 49.1 Å². The molecule has 0 aliphatic carbocycles. The average Bonchev–Trinajstić information content (AvgIpc) is 3.23. The highest BCUT2D eigenvalue weighted by atomic mass is 19.1. The largest absolute Gasteiger partial charge is 0.458 e. The van der Waals surface area contributed by atoms with Gasteiger partial charge in [-0.1, -0.05) is 18.2 Å². The van der Waals surface area contributed by atoms with Gasteiger partial charge in [-0.05, 0) is 36.8 Å². The van der Waals surface area contributed by atoms with Gasteiger partial charge in [-0.3, -0.25) is 4.79 Å². The molecule has 0 aliphatic heterocycles. The molecule has 0 fully saturated rings. The Hall–Kier alpha value is -4.14. The van der Waals surface area contributed by atoms with Crippen LogP contribution in [0.5, 0.6) is 0 Å². The molecule has 9 heteroatoms. The predicted octanol–water partition coefficient (Wildman–Crippen LogP) is 4.58. The van der Waals surface area contributed by atoms with Crippen molar-refractivity contribution in [3.05, 3.63) is 82.7 Å². The van der Waals surface area contributed by atoms with Gasteiger partial charge in [-0.25, -0.2) is 23.7 Å². The second-order valence-electron chi connectivity index (χ2n) is 6.98. The summed E-state index contributed by atoms with van der Waals surface area (Å²) in [4.78, 5) is 28.7. The zero-order chi connectivity index (χ0) is 21.5. The summed E-state index contributed by atoms with van der Waals surface area (Å²) in [6.45, 7) is 1.76. The molecule has 154 valence electrons. The van der Waals surface area contributed by atoms with Crippen molar-refractivity contribution in [1.29, 1.82) is 0 Å². The van der Waals surface area contributed by atoms with E-state index in [1.807, 2.05) is 0 Å². The Morgan fingerprint density at radius 3 is 2.77 bits per heavy atom. The van der Waals surface area contributed by atoms with Crippen LogP contribution >= 0.6 is 0 Å².